The van der Waals surface area contributed by atoms with Crippen LogP contribution in [0.3, 0.4) is 0 Å². The lowest BCUT2D eigenvalue weighted by atomic mass is 10.1. The molecule has 2 aromatic rings. The molecule has 0 radical (unpaired) electrons. The summed E-state index contributed by atoms with van der Waals surface area (Å²) in [6.45, 7) is 3.81. The number of hydrogen-bond acceptors (Lipinski definition) is 5. The fourth-order valence-corrected chi connectivity index (χ4v) is 4.45. The van der Waals surface area contributed by atoms with Crippen molar-refractivity contribution >= 4 is 57.6 Å². The molecule has 6 nitrogen and oxygen atoms in total. The van der Waals surface area contributed by atoms with Crippen molar-refractivity contribution < 1.29 is 9.59 Å². The highest BCUT2D eigenvalue weighted by atomic mass is 35.5. The van der Waals surface area contributed by atoms with Crippen LogP contribution in [0.25, 0.3) is 0 Å². The minimum absolute atomic E-state index is 0.0914. The van der Waals surface area contributed by atoms with Crippen LogP contribution in [0.5, 0.6) is 0 Å². The van der Waals surface area contributed by atoms with E-state index >= 15 is 0 Å². The molecule has 4 rings (SSSR count). The van der Waals surface area contributed by atoms with Gasteiger partial charge in [-0.15, -0.1) is 0 Å². The van der Waals surface area contributed by atoms with E-state index in [1.807, 2.05) is 31.2 Å². The highest BCUT2D eigenvalue weighted by molar-refractivity contribution is 8.15. The molecule has 0 aliphatic carbocycles. The van der Waals surface area contributed by atoms with Crippen molar-refractivity contribution in [1.29, 1.82) is 0 Å². The summed E-state index contributed by atoms with van der Waals surface area (Å²) in [4.78, 5) is 36.7. The summed E-state index contributed by atoms with van der Waals surface area (Å²) in [6, 6.07) is 14.3. The van der Waals surface area contributed by atoms with E-state index in [4.69, 9.17) is 11.6 Å². The van der Waals surface area contributed by atoms with E-state index in [2.05, 4.69) is 15.3 Å². The summed E-state index contributed by atoms with van der Waals surface area (Å²) in [7, 11) is 0. The van der Waals surface area contributed by atoms with Gasteiger partial charge >= 0.3 is 0 Å². The second kappa shape index (κ2) is 8.62. The van der Waals surface area contributed by atoms with Crippen LogP contribution in [0.15, 0.2) is 58.5 Å². The van der Waals surface area contributed by atoms with E-state index < -0.39 is 11.3 Å². The van der Waals surface area contributed by atoms with Crippen molar-refractivity contribution in [3.05, 3.63) is 59.1 Å². The first-order valence-corrected chi connectivity index (χ1v) is 11.1. The lowest BCUT2D eigenvalue weighted by Crippen LogP contribution is -2.42. The summed E-state index contributed by atoms with van der Waals surface area (Å²) < 4.78 is 0. The molecule has 0 saturated heterocycles. The Morgan fingerprint density at radius 1 is 1.23 bits per heavy atom. The molecule has 1 N–H and O–H groups in total. The first-order chi connectivity index (χ1) is 14.5. The number of thioether (sulfide) groups is 1. The molecule has 2 aliphatic rings. The maximum atomic E-state index is 13.0. The summed E-state index contributed by atoms with van der Waals surface area (Å²) in [5.41, 5.74) is 2.13. The molecule has 0 saturated carbocycles. The van der Waals surface area contributed by atoms with Crippen molar-refractivity contribution in [3.8, 4) is 0 Å². The number of amidine groups is 2. The number of carbonyl (C=O) groups excluding carboxylic acids is 2. The molecule has 30 heavy (non-hydrogen) atoms. The maximum Gasteiger partial charge on any atom is 0.259 e. The predicted octanol–water partition coefficient (Wildman–Crippen LogP) is 4.86. The molecule has 8 heteroatoms. The third-order valence-electron chi connectivity index (χ3n) is 4.89. The van der Waals surface area contributed by atoms with E-state index in [0.717, 1.165) is 17.7 Å². The third-order valence-corrected chi connectivity index (χ3v) is 6.27. The summed E-state index contributed by atoms with van der Waals surface area (Å²) in [6.07, 6.45) is 1.54. The number of para-hydroxylation sites is 2. The second-order valence-corrected chi connectivity index (χ2v) is 8.79. The van der Waals surface area contributed by atoms with Crippen LogP contribution >= 0.6 is 23.4 Å². The fourth-order valence-electron chi connectivity index (χ4n) is 3.35. The normalized spacial score (nSPS) is 18.3. The van der Waals surface area contributed by atoms with Crippen LogP contribution in [0, 0.1) is 0 Å². The van der Waals surface area contributed by atoms with E-state index in [1.165, 1.54) is 11.8 Å². The van der Waals surface area contributed by atoms with Crippen LogP contribution in [-0.4, -0.2) is 39.0 Å². The van der Waals surface area contributed by atoms with Gasteiger partial charge < -0.3 is 5.32 Å². The van der Waals surface area contributed by atoms with Crippen LogP contribution in [0.2, 0.25) is 5.02 Å². The molecule has 0 bridgehead atoms. The van der Waals surface area contributed by atoms with Gasteiger partial charge in [0.25, 0.3) is 5.91 Å². The molecule has 0 spiro atoms. The molecule has 0 aromatic heterocycles. The van der Waals surface area contributed by atoms with Gasteiger partial charge in [-0.05, 0) is 37.6 Å². The van der Waals surface area contributed by atoms with Crippen LogP contribution < -0.4 is 5.32 Å². The highest BCUT2D eigenvalue weighted by Gasteiger charge is 2.41. The average molecular weight is 441 g/mol. The zero-order valence-electron chi connectivity index (χ0n) is 16.6. The monoisotopic (exact) mass is 440 g/mol. The Morgan fingerprint density at radius 2 is 1.97 bits per heavy atom. The van der Waals surface area contributed by atoms with Crippen molar-refractivity contribution in [2.24, 2.45) is 9.98 Å². The Labute approximate surface area is 184 Å². The third kappa shape index (κ3) is 3.87. The van der Waals surface area contributed by atoms with Gasteiger partial charge in [0.15, 0.2) is 5.17 Å². The molecule has 154 valence electrons. The Morgan fingerprint density at radius 3 is 2.73 bits per heavy atom. The molecule has 2 aliphatic heterocycles. The summed E-state index contributed by atoms with van der Waals surface area (Å²) in [5.74, 6) is 0.307. The molecule has 0 unspecified atom stereocenters. The van der Waals surface area contributed by atoms with Gasteiger partial charge in [0.05, 0.1) is 21.6 Å². The zero-order valence-corrected chi connectivity index (χ0v) is 18.2. The largest absolute Gasteiger partial charge is 0.324 e. The van der Waals surface area contributed by atoms with Gasteiger partial charge in [-0.3, -0.25) is 14.6 Å². The summed E-state index contributed by atoms with van der Waals surface area (Å²) in [5, 5.41) is 3.28. The summed E-state index contributed by atoms with van der Waals surface area (Å²) >= 11 is 7.38. The number of nitrogens with zero attached hydrogens (tertiary/aromatic N) is 3. The van der Waals surface area contributed by atoms with Gasteiger partial charge in [-0.2, -0.15) is 0 Å². The lowest BCUT2D eigenvalue weighted by Gasteiger charge is -2.27. The highest BCUT2D eigenvalue weighted by Crippen LogP contribution is 2.35. The fraction of sp³-hybridized carbons (Fsp3) is 0.273. The number of carbonyl (C=O) groups is 2. The molecule has 2 aromatic carbocycles. The average Bonchev–Trinajstić information content (AvgIpc) is 3.07. The van der Waals surface area contributed by atoms with Crippen LogP contribution in [0.4, 0.5) is 11.4 Å². The number of anilines is 1. The lowest BCUT2D eigenvalue weighted by molar-refractivity contribution is -0.124. The molecular formula is C22H21ClN4O2S. The number of amides is 2. The number of nitrogens with one attached hydrogen (secondary N) is 1. The van der Waals surface area contributed by atoms with E-state index in [1.54, 1.807) is 36.1 Å². The smallest absolute Gasteiger partial charge is 0.259 e. The quantitative estimate of drug-likeness (QED) is 0.721. The Hall–Kier alpha value is -2.64. The first kappa shape index (κ1) is 20.6. The number of hydrogen-bond donors (Lipinski definition) is 1. The second-order valence-electron chi connectivity index (χ2n) is 7.07. The Balaban J connectivity index is 1.59. The Kier molecular flexibility index (Phi) is 5.92. The van der Waals surface area contributed by atoms with Crippen LogP contribution in [-0.2, 0) is 9.59 Å². The van der Waals surface area contributed by atoms with Gasteiger partial charge in [-0.1, -0.05) is 61.0 Å². The first-order valence-electron chi connectivity index (χ1n) is 9.81. The van der Waals surface area contributed by atoms with Gasteiger partial charge in [-0.25, -0.2) is 9.89 Å². The Bertz CT molecular complexity index is 1070. The molecule has 2 atom stereocenters. The van der Waals surface area contributed by atoms with Crippen molar-refractivity contribution in [2.75, 3.05) is 5.32 Å². The van der Waals surface area contributed by atoms with Crippen LogP contribution in [0.1, 0.15) is 32.3 Å². The van der Waals surface area contributed by atoms with Gasteiger partial charge in [0.1, 0.15) is 11.9 Å². The SMILES string of the molecule is CCC[C@@H]1N=C2c3ccccc3N=C(S[C@@H](C)C(=O)Nc3ccccc3Cl)N2C1=O. The molecule has 2 amide bonds. The van der Waals surface area contributed by atoms with Gasteiger partial charge in [0.2, 0.25) is 5.91 Å². The zero-order chi connectivity index (χ0) is 21.3. The standard InChI is InChI=1S/C22H21ClN4O2S/c1-3-8-18-21(29)27-19(24-18)14-9-4-6-11-16(14)26-22(27)30-13(2)20(28)25-17-12-7-5-10-15(17)23/h4-7,9-13,18H,3,8H2,1-2H3,(H,25,28)/t13-,18-/m0/s1. The molecular weight excluding hydrogens is 420 g/mol. The maximum absolute atomic E-state index is 13.0. The number of benzene rings is 2. The number of aliphatic imine (C=N–C) groups is 2. The molecule has 0 fully saturated rings. The van der Waals surface area contributed by atoms with Crippen molar-refractivity contribution in [3.63, 3.8) is 0 Å². The minimum Gasteiger partial charge on any atom is -0.324 e. The minimum atomic E-state index is -0.496. The van der Waals surface area contributed by atoms with Crippen molar-refractivity contribution in [1.82, 2.24) is 4.90 Å². The predicted molar refractivity (Wildman–Crippen MR) is 123 cm³/mol. The van der Waals surface area contributed by atoms with E-state index in [0.29, 0.717) is 28.1 Å². The number of halogens is 1. The molecule has 2 heterocycles. The number of fused-ring (bicyclic) bond motifs is 3. The van der Waals surface area contributed by atoms with Gasteiger partial charge in [0, 0.05) is 5.56 Å². The number of rotatable bonds is 5. The van der Waals surface area contributed by atoms with E-state index in [-0.39, 0.29) is 11.8 Å². The topological polar surface area (TPSA) is 74.1 Å². The van der Waals surface area contributed by atoms with E-state index in [9.17, 15) is 9.59 Å². The van der Waals surface area contributed by atoms with Crippen molar-refractivity contribution in [2.45, 2.75) is 38.0 Å².